The number of carbonyl (C=O) groups is 1. The van der Waals surface area contributed by atoms with Crippen LogP contribution < -0.4 is 4.90 Å². The Morgan fingerprint density at radius 3 is 2.78 bits per heavy atom. The lowest BCUT2D eigenvalue weighted by Crippen LogP contribution is -2.28. The van der Waals surface area contributed by atoms with E-state index >= 15 is 0 Å². The molecule has 1 aromatic heterocycles. The fourth-order valence-corrected chi connectivity index (χ4v) is 1.70. The molecule has 0 bridgehead atoms. The van der Waals surface area contributed by atoms with Crippen LogP contribution in [0.25, 0.3) is 0 Å². The average molecular weight is 273 g/mol. The molecule has 0 aliphatic carbocycles. The second kappa shape index (κ2) is 7.18. The molecule has 100 valence electrons. The lowest BCUT2D eigenvalue weighted by Gasteiger charge is -2.22. The summed E-state index contributed by atoms with van der Waals surface area (Å²) >= 11 is 5.78. The highest BCUT2D eigenvalue weighted by atomic mass is 35.5. The molecule has 0 saturated carbocycles. The van der Waals surface area contributed by atoms with Gasteiger partial charge < -0.3 is 14.7 Å². The Kier molecular flexibility index (Phi) is 5.88. The number of carboxylic acids is 1. The summed E-state index contributed by atoms with van der Waals surface area (Å²) in [4.78, 5) is 17.0. The molecule has 0 atom stereocenters. The van der Waals surface area contributed by atoms with Crippen LogP contribution in [0.1, 0.15) is 24.3 Å². The van der Waals surface area contributed by atoms with Crippen molar-refractivity contribution in [3.8, 4) is 0 Å². The van der Waals surface area contributed by atoms with Crippen LogP contribution in [-0.4, -0.2) is 42.4 Å². The van der Waals surface area contributed by atoms with Crippen LogP contribution in [0.3, 0.4) is 0 Å². The average Bonchev–Trinajstić information content (AvgIpc) is 2.35. The Morgan fingerprint density at radius 2 is 2.22 bits per heavy atom. The van der Waals surface area contributed by atoms with Gasteiger partial charge in [-0.15, -0.1) is 0 Å². The van der Waals surface area contributed by atoms with Gasteiger partial charge in [-0.3, -0.25) is 0 Å². The van der Waals surface area contributed by atoms with Crippen molar-refractivity contribution in [3.05, 3.63) is 22.8 Å². The third-order valence-corrected chi connectivity index (χ3v) is 2.75. The number of carboxylic acid groups (broad SMARTS) is 1. The number of nitrogens with zero attached hydrogens (tertiary/aromatic N) is 2. The molecule has 5 nitrogen and oxygen atoms in total. The van der Waals surface area contributed by atoms with E-state index in [1.165, 1.54) is 0 Å². The Labute approximate surface area is 111 Å². The zero-order chi connectivity index (χ0) is 13.5. The highest BCUT2D eigenvalue weighted by molar-refractivity contribution is 6.33. The minimum Gasteiger partial charge on any atom is -0.476 e. The first-order valence-corrected chi connectivity index (χ1v) is 6.20. The molecule has 0 radical (unpaired) electrons. The Balaban J connectivity index is 2.85. The van der Waals surface area contributed by atoms with Gasteiger partial charge in [0, 0.05) is 19.7 Å². The lowest BCUT2D eigenvalue weighted by molar-refractivity contribution is 0.0691. The molecule has 0 aromatic carbocycles. The van der Waals surface area contributed by atoms with E-state index in [0.717, 1.165) is 6.54 Å². The van der Waals surface area contributed by atoms with Gasteiger partial charge in [-0.25, -0.2) is 9.78 Å². The second-order valence-corrected chi connectivity index (χ2v) is 3.99. The third kappa shape index (κ3) is 3.85. The second-order valence-electron chi connectivity index (χ2n) is 3.58. The van der Waals surface area contributed by atoms with Crippen LogP contribution in [0.2, 0.25) is 5.02 Å². The quantitative estimate of drug-likeness (QED) is 0.772. The molecule has 1 heterocycles. The van der Waals surface area contributed by atoms with E-state index in [-0.39, 0.29) is 10.7 Å². The molecule has 1 N–H and O–H groups in total. The van der Waals surface area contributed by atoms with Crippen molar-refractivity contribution in [2.45, 2.75) is 13.8 Å². The summed E-state index contributed by atoms with van der Waals surface area (Å²) in [6.45, 7) is 6.53. The van der Waals surface area contributed by atoms with Crippen molar-refractivity contribution in [2.24, 2.45) is 0 Å². The van der Waals surface area contributed by atoms with Crippen LogP contribution >= 0.6 is 11.6 Å². The largest absolute Gasteiger partial charge is 0.476 e. The number of halogens is 1. The van der Waals surface area contributed by atoms with Crippen LogP contribution in [0.15, 0.2) is 12.1 Å². The maximum atomic E-state index is 11.0. The van der Waals surface area contributed by atoms with Crippen LogP contribution in [0.4, 0.5) is 5.82 Å². The molecule has 6 heteroatoms. The van der Waals surface area contributed by atoms with E-state index in [9.17, 15) is 4.79 Å². The Hall–Kier alpha value is -1.33. The van der Waals surface area contributed by atoms with Gasteiger partial charge in [-0.05, 0) is 26.0 Å². The molecule has 1 aromatic rings. The van der Waals surface area contributed by atoms with Crippen molar-refractivity contribution in [1.29, 1.82) is 0 Å². The monoisotopic (exact) mass is 272 g/mol. The number of hydrogen-bond acceptors (Lipinski definition) is 4. The zero-order valence-electron chi connectivity index (χ0n) is 10.5. The number of rotatable bonds is 7. The zero-order valence-corrected chi connectivity index (χ0v) is 11.3. The number of likely N-dealkylation sites (N-methyl/N-ethyl adjacent to an activating group) is 1. The number of ether oxygens (including phenoxy) is 1. The van der Waals surface area contributed by atoms with Gasteiger partial charge in [0.1, 0.15) is 5.82 Å². The fraction of sp³-hybridized carbons (Fsp3) is 0.500. The summed E-state index contributed by atoms with van der Waals surface area (Å²) in [6.07, 6.45) is 0. The summed E-state index contributed by atoms with van der Waals surface area (Å²) < 4.78 is 5.28. The van der Waals surface area contributed by atoms with E-state index in [2.05, 4.69) is 4.98 Å². The number of aromatic carboxylic acids is 1. The van der Waals surface area contributed by atoms with Crippen molar-refractivity contribution in [2.75, 3.05) is 31.2 Å². The van der Waals surface area contributed by atoms with Crippen molar-refractivity contribution in [3.63, 3.8) is 0 Å². The maximum absolute atomic E-state index is 11.0. The van der Waals surface area contributed by atoms with Gasteiger partial charge in [-0.2, -0.15) is 0 Å². The summed E-state index contributed by atoms with van der Waals surface area (Å²) in [5.41, 5.74) is -0.121. The fourth-order valence-electron chi connectivity index (χ4n) is 1.51. The molecule has 0 unspecified atom stereocenters. The third-order valence-electron chi connectivity index (χ3n) is 2.45. The van der Waals surface area contributed by atoms with Crippen LogP contribution in [0, 0.1) is 0 Å². The molecule has 0 spiro atoms. The number of anilines is 1. The van der Waals surface area contributed by atoms with Crippen LogP contribution in [-0.2, 0) is 4.74 Å². The van der Waals surface area contributed by atoms with Gasteiger partial charge in [0.05, 0.1) is 11.6 Å². The van der Waals surface area contributed by atoms with Gasteiger partial charge in [0.15, 0.2) is 5.69 Å². The normalized spacial score (nSPS) is 10.4. The maximum Gasteiger partial charge on any atom is 0.356 e. The number of aromatic nitrogens is 1. The van der Waals surface area contributed by atoms with E-state index in [1.807, 2.05) is 18.7 Å². The standard InChI is InChI=1S/C12H17ClN2O3/c1-3-15(7-8-18-4-2)10-6-5-9(13)11(14-10)12(16)17/h5-6H,3-4,7-8H2,1-2H3,(H,16,17). The molecular weight excluding hydrogens is 256 g/mol. The summed E-state index contributed by atoms with van der Waals surface area (Å²) in [5.74, 6) is -0.526. The predicted molar refractivity (Wildman–Crippen MR) is 70.6 cm³/mol. The summed E-state index contributed by atoms with van der Waals surface area (Å²) in [5, 5.41) is 9.11. The number of hydrogen-bond donors (Lipinski definition) is 1. The van der Waals surface area contributed by atoms with Gasteiger partial charge >= 0.3 is 5.97 Å². The van der Waals surface area contributed by atoms with Gasteiger partial charge in [0.2, 0.25) is 0 Å². The molecule has 0 fully saturated rings. The molecule has 1 rings (SSSR count). The van der Waals surface area contributed by atoms with Gasteiger partial charge in [-0.1, -0.05) is 11.6 Å². The first-order chi connectivity index (χ1) is 8.60. The van der Waals surface area contributed by atoms with Crippen molar-refractivity contribution >= 4 is 23.4 Å². The van der Waals surface area contributed by atoms with E-state index in [4.69, 9.17) is 21.4 Å². The Morgan fingerprint density at radius 1 is 1.50 bits per heavy atom. The van der Waals surface area contributed by atoms with Crippen molar-refractivity contribution in [1.82, 2.24) is 4.98 Å². The molecule has 0 saturated heterocycles. The molecule has 0 aliphatic heterocycles. The first-order valence-electron chi connectivity index (χ1n) is 5.82. The predicted octanol–water partition coefficient (Wildman–Crippen LogP) is 2.30. The lowest BCUT2D eigenvalue weighted by atomic mass is 10.3. The highest BCUT2D eigenvalue weighted by Crippen LogP contribution is 2.19. The molecule has 18 heavy (non-hydrogen) atoms. The molecule has 0 amide bonds. The minimum atomic E-state index is -1.12. The van der Waals surface area contributed by atoms with Gasteiger partial charge in [0.25, 0.3) is 0 Å². The topological polar surface area (TPSA) is 62.7 Å². The van der Waals surface area contributed by atoms with E-state index in [1.54, 1.807) is 12.1 Å². The van der Waals surface area contributed by atoms with E-state index in [0.29, 0.717) is 25.6 Å². The SMILES string of the molecule is CCOCCN(CC)c1ccc(Cl)c(C(=O)O)n1. The Bertz CT molecular complexity index is 412. The summed E-state index contributed by atoms with van der Waals surface area (Å²) in [6, 6.07) is 3.26. The highest BCUT2D eigenvalue weighted by Gasteiger charge is 2.14. The first kappa shape index (κ1) is 14.7. The van der Waals surface area contributed by atoms with Crippen molar-refractivity contribution < 1.29 is 14.6 Å². The van der Waals surface area contributed by atoms with Crippen LogP contribution in [0.5, 0.6) is 0 Å². The number of pyridine rings is 1. The van der Waals surface area contributed by atoms with E-state index < -0.39 is 5.97 Å². The molecule has 0 aliphatic rings. The minimum absolute atomic E-state index is 0.121. The molecular formula is C12H17ClN2O3. The summed E-state index contributed by atoms with van der Waals surface area (Å²) in [7, 11) is 0. The smallest absolute Gasteiger partial charge is 0.356 e.